The van der Waals surface area contributed by atoms with Gasteiger partial charge in [-0.05, 0) is 67.0 Å². The fourth-order valence-corrected chi connectivity index (χ4v) is 5.82. The molecular formula is C24H30N2O4S. The van der Waals surface area contributed by atoms with Crippen molar-refractivity contribution in [3.8, 4) is 0 Å². The number of nitrogens with one attached hydrogen (secondary N) is 1. The Kier molecular flexibility index (Phi) is 6.74. The third-order valence-electron chi connectivity index (χ3n) is 6.19. The smallest absolute Gasteiger partial charge is 0.251 e. The lowest BCUT2D eigenvalue weighted by Crippen LogP contribution is -2.40. The van der Waals surface area contributed by atoms with Gasteiger partial charge in [-0.25, -0.2) is 8.42 Å². The zero-order valence-electron chi connectivity index (χ0n) is 18.0. The van der Waals surface area contributed by atoms with E-state index in [4.69, 9.17) is 4.74 Å². The molecule has 166 valence electrons. The number of aryl methyl sites for hydroxylation is 2. The highest BCUT2D eigenvalue weighted by atomic mass is 32.2. The van der Waals surface area contributed by atoms with Crippen LogP contribution in [0, 0.1) is 0 Å². The van der Waals surface area contributed by atoms with Crippen LogP contribution in [0.4, 0.5) is 0 Å². The van der Waals surface area contributed by atoms with Crippen LogP contribution in [0.2, 0.25) is 0 Å². The maximum absolute atomic E-state index is 13.0. The topological polar surface area (TPSA) is 75.7 Å². The molecule has 1 atom stereocenters. The molecule has 1 aliphatic heterocycles. The summed E-state index contributed by atoms with van der Waals surface area (Å²) in [6, 6.07) is 12.7. The Balaban J connectivity index is 1.52. The number of hydrogen-bond donors (Lipinski definition) is 1. The molecule has 2 aliphatic rings. The number of fused-ring (bicyclic) bond motifs is 1. The van der Waals surface area contributed by atoms with Crippen LogP contribution in [-0.2, 0) is 27.6 Å². The minimum Gasteiger partial charge on any atom is -0.379 e. The number of carbonyl (C=O) groups is 1. The first-order valence-corrected chi connectivity index (χ1v) is 12.5. The highest BCUT2D eigenvalue weighted by Gasteiger charge is 2.27. The van der Waals surface area contributed by atoms with Crippen LogP contribution < -0.4 is 5.32 Å². The maximum Gasteiger partial charge on any atom is 0.251 e. The van der Waals surface area contributed by atoms with E-state index in [1.807, 2.05) is 6.92 Å². The molecule has 1 heterocycles. The van der Waals surface area contributed by atoms with Crippen LogP contribution in [0.25, 0.3) is 0 Å². The van der Waals surface area contributed by atoms with E-state index in [1.165, 1.54) is 34.3 Å². The molecule has 31 heavy (non-hydrogen) atoms. The summed E-state index contributed by atoms with van der Waals surface area (Å²) in [5.41, 5.74) is 4.26. The normalized spacial score (nSPS) is 18.2. The average molecular weight is 443 g/mol. The fraction of sp³-hybridized carbons (Fsp3) is 0.458. The predicted molar refractivity (Wildman–Crippen MR) is 120 cm³/mol. The second-order valence-electron chi connectivity index (χ2n) is 8.21. The Bertz CT molecular complexity index is 1050. The molecule has 1 N–H and O–H groups in total. The predicted octanol–water partition coefficient (Wildman–Crippen LogP) is 3.47. The van der Waals surface area contributed by atoms with Gasteiger partial charge in [0.25, 0.3) is 5.91 Å². The average Bonchev–Trinajstić information content (AvgIpc) is 2.82. The summed E-state index contributed by atoms with van der Waals surface area (Å²) in [6.07, 6.45) is 5.43. The van der Waals surface area contributed by atoms with Gasteiger partial charge < -0.3 is 10.1 Å². The zero-order chi connectivity index (χ0) is 21.8. The van der Waals surface area contributed by atoms with Crippen molar-refractivity contribution in [1.82, 2.24) is 9.62 Å². The summed E-state index contributed by atoms with van der Waals surface area (Å²) >= 11 is 0. The molecule has 0 bridgehead atoms. The molecule has 7 heteroatoms. The van der Waals surface area contributed by atoms with E-state index in [0.717, 1.165) is 24.8 Å². The van der Waals surface area contributed by atoms with Gasteiger partial charge in [0, 0.05) is 18.7 Å². The van der Waals surface area contributed by atoms with Gasteiger partial charge >= 0.3 is 0 Å². The number of morpholine rings is 1. The number of carbonyl (C=O) groups excluding carboxylic acids is 1. The summed E-state index contributed by atoms with van der Waals surface area (Å²) in [6.45, 7) is 3.48. The van der Waals surface area contributed by atoms with Gasteiger partial charge in [-0.2, -0.15) is 4.31 Å². The minimum atomic E-state index is -3.64. The van der Waals surface area contributed by atoms with Crippen LogP contribution in [0.1, 0.15) is 59.3 Å². The molecule has 1 fully saturated rings. The molecule has 2 aromatic carbocycles. The molecule has 0 unspecified atom stereocenters. The van der Waals surface area contributed by atoms with Crippen molar-refractivity contribution in [2.45, 2.75) is 50.0 Å². The summed E-state index contributed by atoms with van der Waals surface area (Å²) in [4.78, 5) is 13.1. The van der Waals surface area contributed by atoms with Crippen molar-refractivity contribution in [3.05, 3.63) is 64.7 Å². The molecule has 4 rings (SSSR count). The second kappa shape index (κ2) is 9.51. The Hall–Kier alpha value is -2.22. The largest absolute Gasteiger partial charge is 0.379 e. The number of rotatable bonds is 6. The molecule has 0 spiro atoms. The fourth-order valence-electron chi connectivity index (χ4n) is 4.37. The number of ether oxygens (including phenoxy) is 1. The molecule has 1 saturated heterocycles. The van der Waals surface area contributed by atoms with Gasteiger partial charge in [0.2, 0.25) is 10.0 Å². The van der Waals surface area contributed by atoms with Crippen molar-refractivity contribution < 1.29 is 17.9 Å². The Morgan fingerprint density at radius 2 is 1.81 bits per heavy atom. The number of nitrogens with zero attached hydrogens (tertiary/aromatic N) is 1. The zero-order valence-corrected chi connectivity index (χ0v) is 18.8. The standard InChI is InChI=1S/C24H30N2O4S/c1-2-23(20-11-10-18-6-3-4-7-19(18)16-20)25-24(27)21-8-5-9-22(17-21)31(28,29)26-12-14-30-15-13-26/h5,8-11,16-17,23H,2-4,6-7,12-15H2,1H3,(H,25,27)/t23-/m0/s1. The molecule has 0 saturated carbocycles. The van der Waals surface area contributed by atoms with Crippen LogP contribution >= 0.6 is 0 Å². The number of sulfonamides is 1. The van der Waals surface area contributed by atoms with E-state index in [0.29, 0.717) is 31.9 Å². The van der Waals surface area contributed by atoms with Gasteiger partial charge in [0.1, 0.15) is 0 Å². The van der Waals surface area contributed by atoms with Gasteiger partial charge in [-0.1, -0.05) is 31.2 Å². The first-order chi connectivity index (χ1) is 15.0. The quantitative estimate of drug-likeness (QED) is 0.743. The Morgan fingerprint density at radius 1 is 1.06 bits per heavy atom. The lowest BCUT2D eigenvalue weighted by Gasteiger charge is -2.26. The summed E-state index contributed by atoms with van der Waals surface area (Å²) in [5.74, 6) is -0.261. The van der Waals surface area contributed by atoms with Crippen molar-refractivity contribution in [1.29, 1.82) is 0 Å². The Labute approximate surface area is 184 Å². The third-order valence-corrected chi connectivity index (χ3v) is 8.09. The van der Waals surface area contributed by atoms with Crippen LogP contribution in [0.3, 0.4) is 0 Å². The van der Waals surface area contributed by atoms with Crippen LogP contribution in [0.5, 0.6) is 0 Å². The van der Waals surface area contributed by atoms with Gasteiger partial charge in [-0.3, -0.25) is 4.79 Å². The molecule has 6 nitrogen and oxygen atoms in total. The molecule has 0 radical (unpaired) electrons. The Morgan fingerprint density at radius 3 is 2.55 bits per heavy atom. The van der Waals surface area contributed by atoms with Crippen LogP contribution in [0.15, 0.2) is 47.4 Å². The van der Waals surface area contributed by atoms with E-state index in [9.17, 15) is 13.2 Å². The van der Waals surface area contributed by atoms with Crippen molar-refractivity contribution in [2.75, 3.05) is 26.3 Å². The number of benzene rings is 2. The van der Waals surface area contributed by atoms with Crippen molar-refractivity contribution in [3.63, 3.8) is 0 Å². The van der Waals surface area contributed by atoms with E-state index >= 15 is 0 Å². The van der Waals surface area contributed by atoms with Crippen molar-refractivity contribution >= 4 is 15.9 Å². The summed E-state index contributed by atoms with van der Waals surface area (Å²) in [7, 11) is -3.64. The van der Waals surface area contributed by atoms with Crippen molar-refractivity contribution in [2.24, 2.45) is 0 Å². The lowest BCUT2D eigenvalue weighted by atomic mass is 9.88. The first kappa shape index (κ1) is 22.0. The first-order valence-electron chi connectivity index (χ1n) is 11.1. The van der Waals surface area contributed by atoms with E-state index in [-0.39, 0.29) is 16.8 Å². The summed E-state index contributed by atoms with van der Waals surface area (Å²) < 4.78 is 32.5. The highest BCUT2D eigenvalue weighted by Crippen LogP contribution is 2.26. The second-order valence-corrected chi connectivity index (χ2v) is 10.2. The van der Waals surface area contributed by atoms with Gasteiger partial charge in [0.15, 0.2) is 0 Å². The van der Waals surface area contributed by atoms with Gasteiger partial charge in [0.05, 0.1) is 24.2 Å². The third kappa shape index (κ3) is 4.84. The summed E-state index contributed by atoms with van der Waals surface area (Å²) in [5, 5.41) is 3.10. The molecule has 1 amide bonds. The number of hydrogen-bond acceptors (Lipinski definition) is 4. The van der Waals surface area contributed by atoms with Crippen LogP contribution in [-0.4, -0.2) is 44.9 Å². The maximum atomic E-state index is 13.0. The lowest BCUT2D eigenvalue weighted by molar-refractivity contribution is 0.0730. The molecular weight excluding hydrogens is 412 g/mol. The number of amides is 1. The highest BCUT2D eigenvalue weighted by molar-refractivity contribution is 7.89. The minimum absolute atomic E-state index is 0.112. The van der Waals surface area contributed by atoms with E-state index < -0.39 is 10.0 Å². The molecule has 0 aromatic heterocycles. The van der Waals surface area contributed by atoms with Gasteiger partial charge in [-0.15, -0.1) is 0 Å². The molecule has 2 aromatic rings. The molecule has 1 aliphatic carbocycles. The monoisotopic (exact) mass is 442 g/mol. The SMILES string of the molecule is CC[C@H](NC(=O)c1cccc(S(=O)(=O)N2CCOCC2)c1)c1ccc2c(c1)CCCC2. The van der Waals surface area contributed by atoms with E-state index in [2.05, 4.69) is 23.5 Å². The van der Waals surface area contributed by atoms with E-state index in [1.54, 1.807) is 18.2 Å².